The molecule has 0 bridgehead atoms. The summed E-state index contributed by atoms with van der Waals surface area (Å²) in [5.74, 6) is -0.774. The van der Waals surface area contributed by atoms with E-state index in [-0.39, 0.29) is 31.8 Å². The highest BCUT2D eigenvalue weighted by Crippen LogP contribution is 2.34. The van der Waals surface area contributed by atoms with Crippen molar-refractivity contribution in [2.75, 3.05) is 0 Å². The minimum Gasteiger partial charge on any atom is -0.344 e. The molecule has 0 radical (unpaired) electrons. The Hall–Kier alpha value is -1.90. The van der Waals surface area contributed by atoms with Gasteiger partial charge in [-0.15, -0.1) is 21.5 Å². The first kappa shape index (κ1) is 15.0. The molecular weight excluding hydrogens is 317 g/mol. The molecule has 1 atom stereocenters. The average molecular weight is 330 g/mol. The van der Waals surface area contributed by atoms with Gasteiger partial charge in [-0.25, -0.2) is 0 Å². The highest BCUT2D eigenvalue weighted by molar-refractivity contribution is 7.12. The van der Waals surface area contributed by atoms with E-state index in [1.165, 1.54) is 11.3 Å². The van der Waals surface area contributed by atoms with Crippen LogP contribution in [0.25, 0.3) is 0 Å². The number of nitrogens with zero attached hydrogens (tertiary/aromatic N) is 3. The van der Waals surface area contributed by atoms with Crippen LogP contribution in [0.1, 0.15) is 27.7 Å². The third-order valence-electron chi connectivity index (χ3n) is 3.65. The molecule has 0 saturated carbocycles. The fraction of sp³-hybridized carbons (Fsp3) is 0.462. The topological polar surface area (TPSA) is 59.8 Å². The van der Waals surface area contributed by atoms with Crippen LogP contribution in [0.5, 0.6) is 0 Å². The Labute approximate surface area is 128 Å². The summed E-state index contributed by atoms with van der Waals surface area (Å²) in [5.41, 5.74) is 0. The predicted octanol–water partition coefficient (Wildman–Crippen LogP) is 2.39. The van der Waals surface area contributed by atoms with Crippen LogP contribution in [0.15, 0.2) is 17.5 Å². The summed E-state index contributed by atoms with van der Waals surface area (Å²) in [6.07, 6.45) is -4.35. The maximum absolute atomic E-state index is 12.7. The molecule has 2 aromatic rings. The van der Waals surface area contributed by atoms with E-state index in [4.69, 9.17) is 0 Å². The van der Waals surface area contributed by atoms with Gasteiger partial charge in [0.1, 0.15) is 5.82 Å². The quantitative estimate of drug-likeness (QED) is 0.940. The van der Waals surface area contributed by atoms with E-state index in [9.17, 15) is 18.0 Å². The van der Waals surface area contributed by atoms with Gasteiger partial charge in [0.05, 0.1) is 17.3 Å². The highest BCUT2D eigenvalue weighted by Gasteiger charge is 2.42. The van der Waals surface area contributed by atoms with Gasteiger partial charge >= 0.3 is 6.18 Å². The average Bonchev–Trinajstić information content (AvgIpc) is 3.13. The Morgan fingerprint density at radius 3 is 2.95 bits per heavy atom. The standard InChI is InChI=1S/C13H13F3N4OS/c14-13(15,16)8-3-4-20-10(6-8)18-19-11(20)7-17-12(21)9-2-1-5-22-9/h1-2,5,8H,3-4,6-7H2,(H,17,21). The van der Waals surface area contributed by atoms with Crippen LogP contribution in [0.2, 0.25) is 0 Å². The second kappa shape index (κ2) is 5.71. The van der Waals surface area contributed by atoms with E-state index in [1.54, 1.807) is 22.1 Å². The molecule has 1 unspecified atom stereocenters. The molecule has 1 amide bonds. The Morgan fingerprint density at radius 2 is 2.27 bits per heavy atom. The fourth-order valence-corrected chi connectivity index (χ4v) is 3.09. The molecule has 22 heavy (non-hydrogen) atoms. The lowest BCUT2D eigenvalue weighted by Crippen LogP contribution is -2.32. The molecule has 5 nitrogen and oxygen atoms in total. The van der Waals surface area contributed by atoms with Gasteiger partial charge in [0.2, 0.25) is 0 Å². The molecule has 0 saturated heterocycles. The molecule has 0 spiro atoms. The lowest BCUT2D eigenvalue weighted by molar-refractivity contribution is -0.179. The van der Waals surface area contributed by atoms with Crippen molar-refractivity contribution in [3.8, 4) is 0 Å². The Morgan fingerprint density at radius 1 is 1.45 bits per heavy atom. The van der Waals surface area contributed by atoms with Crippen molar-refractivity contribution in [1.82, 2.24) is 20.1 Å². The van der Waals surface area contributed by atoms with Crippen LogP contribution in [0, 0.1) is 5.92 Å². The number of thiophene rings is 1. The SMILES string of the molecule is O=C(NCc1nnc2n1CCC(C(F)(F)F)C2)c1cccs1. The highest BCUT2D eigenvalue weighted by atomic mass is 32.1. The second-order valence-corrected chi connectivity index (χ2v) is 6.02. The number of amides is 1. The zero-order chi connectivity index (χ0) is 15.7. The lowest BCUT2D eigenvalue weighted by Gasteiger charge is -2.25. The van der Waals surface area contributed by atoms with E-state index in [0.29, 0.717) is 16.5 Å². The van der Waals surface area contributed by atoms with Crippen LogP contribution >= 0.6 is 11.3 Å². The number of hydrogen-bond donors (Lipinski definition) is 1. The molecule has 118 valence electrons. The van der Waals surface area contributed by atoms with E-state index >= 15 is 0 Å². The van der Waals surface area contributed by atoms with Gasteiger partial charge < -0.3 is 9.88 Å². The fourth-order valence-electron chi connectivity index (χ4n) is 2.45. The predicted molar refractivity (Wildman–Crippen MR) is 73.4 cm³/mol. The minimum absolute atomic E-state index is 0.0143. The smallest absolute Gasteiger partial charge is 0.344 e. The maximum Gasteiger partial charge on any atom is 0.392 e. The van der Waals surface area contributed by atoms with Crippen LogP contribution < -0.4 is 5.32 Å². The van der Waals surface area contributed by atoms with Gasteiger partial charge in [0.25, 0.3) is 5.91 Å². The number of carbonyl (C=O) groups is 1. The van der Waals surface area contributed by atoms with E-state index in [0.717, 1.165) is 0 Å². The zero-order valence-electron chi connectivity index (χ0n) is 11.4. The first-order chi connectivity index (χ1) is 10.4. The number of alkyl halides is 3. The Kier molecular flexibility index (Phi) is 3.90. The Bertz CT molecular complexity index is 665. The van der Waals surface area contributed by atoms with Gasteiger partial charge in [-0.05, 0) is 17.9 Å². The van der Waals surface area contributed by atoms with E-state index in [2.05, 4.69) is 15.5 Å². The van der Waals surface area contributed by atoms with Crippen LogP contribution in [0.3, 0.4) is 0 Å². The van der Waals surface area contributed by atoms with Crippen molar-refractivity contribution < 1.29 is 18.0 Å². The maximum atomic E-state index is 12.7. The van der Waals surface area contributed by atoms with Gasteiger partial charge in [-0.1, -0.05) is 6.07 Å². The van der Waals surface area contributed by atoms with Crippen molar-refractivity contribution in [3.63, 3.8) is 0 Å². The van der Waals surface area contributed by atoms with Crippen molar-refractivity contribution in [1.29, 1.82) is 0 Å². The molecule has 2 aromatic heterocycles. The van der Waals surface area contributed by atoms with Crippen molar-refractivity contribution >= 4 is 17.2 Å². The zero-order valence-corrected chi connectivity index (χ0v) is 12.2. The summed E-state index contributed by atoms with van der Waals surface area (Å²) in [6, 6.07) is 3.48. The summed E-state index contributed by atoms with van der Waals surface area (Å²) in [7, 11) is 0. The van der Waals surface area contributed by atoms with Crippen LogP contribution in [-0.2, 0) is 19.5 Å². The summed E-state index contributed by atoms with van der Waals surface area (Å²) in [4.78, 5) is 12.4. The molecule has 0 fully saturated rings. The van der Waals surface area contributed by atoms with Crippen LogP contribution in [0.4, 0.5) is 13.2 Å². The number of nitrogens with one attached hydrogen (secondary N) is 1. The number of fused-ring (bicyclic) bond motifs is 1. The molecule has 1 aliphatic rings. The Balaban J connectivity index is 1.66. The van der Waals surface area contributed by atoms with Crippen molar-refractivity contribution in [3.05, 3.63) is 34.0 Å². The molecule has 9 heteroatoms. The number of hydrogen-bond acceptors (Lipinski definition) is 4. The van der Waals surface area contributed by atoms with Gasteiger partial charge in [-0.3, -0.25) is 4.79 Å². The van der Waals surface area contributed by atoms with E-state index in [1.807, 2.05) is 0 Å². The first-order valence-corrected chi connectivity index (χ1v) is 7.62. The third-order valence-corrected chi connectivity index (χ3v) is 4.52. The molecule has 3 rings (SSSR count). The molecule has 0 aliphatic carbocycles. The molecule has 1 N–H and O–H groups in total. The molecule has 0 aromatic carbocycles. The second-order valence-electron chi connectivity index (χ2n) is 5.08. The lowest BCUT2D eigenvalue weighted by atomic mass is 9.97. The van der Waals surface area contributed by atoms with Crippen molar-refractivity contribution in [2.24, 2.45) is 5.92 Å². The summed E-state index contributed by atoms with van der Waals surface area (Å²) < 4.78 is 39.9. The van der Waals surface area contributed by atoms with Gasteiger partial charge in [0.15, 0.2) is 5.82 Å². The first-order valence-electron chi connectivity index (χ1n) is 6.74. The molecular formula is C13H13F3N4OS. The molecule has 3 heterocycles. The monoisotopic (exact) mass is 330 g/mol. The number of aromatic nitrogens is 3. The van der Waals surface area contributed by atoms with E-state index < -0.39 is 12.1 Å². The molecule has 1 aliphatic heterocycles. The third kappa shape index (κ3) is 2.99. The largest absolute Gasteiger partial charge is 0.392 e. The van der Waals surface area contributed by atoms with Gasteiger partial charge in [-0.2, -0.15) is 13.2 Å². The van der Waals surface area contributed by atoms with Crippen molar-refractivity contribution in [2.45, 2.75) is 32.1 Å². The van der Waals surface area contributed by atoms with Gasteiger partial charge in [0, 0.05) is 13.0 Å². The summed E-state index contributed by atoms with van der Waals surface area (Å²) >= 11 is 1.32. The van der Waals surface area contributed by atoms with Crippen LogP contribution in [-0.4, -0.2) is 26.8 Å². The minimum atomic E-state index is -4.20. The normalized spacial score (nSPS) is 18.0. The summed E-state index contributed by atoms with van der Waals surface area (Å²) in [5, 5.41) is 12.2. The summed E-state index contributed by atoms with van der Waals surface area (Å²) in [6.45, 7) is 0.372. The number of rotatable bonds is 3. The number of carbonyl (C=O) groups excluding carboxylic acids is 1. The number of halogens is 3.